The number of benzene rings is 1. The van der Waals surface area contributed by atoms with E-state index in [1.165, 1.54) is 100 Å². The molecule has 462 valence electrons. The summed E-state index contributed by atoms with van der Waals surface area (Å²) in [6.07, 6.45) is 14.1. The summed E-state index contributed by atoms with van der Waals surface area (Å²) in [5, 5.41) is 0. The normalized spacial score (nSPS) is 13.2. The van der Waals surface area contributed by atoms with E-state index in [0.717, 1.165) is 204 Å². The topological polar surface area (TPSA) is 115 Å². The number of nitrogens with one attached hydrogen (secondary N) is 4. The van der Waals surface area contributed by atoms with Crippen molar-refractivity contribution in [1.82, 2.24) is 39.9 Å². The molecule has 4 aliphatic heterocycles. The molecule has 90 heavy (non-hydrogen) atoms. The summed E-state index contributed by atoms with van der Waals surface area (Å²) < 4.78 is 0. The molecule has 0 aliphatic carbocycles. The predicted octanol–water partition coefficient (Wildman–Crippen LogP) is 21.2. The maximum atomic E-state index is 5.72. The van der Waals surface area contributed by atoms with Crippen molar-refractivity contribution >= 4 is 88.7 Å². The van der Waals surface area contributed by atoms with Crippen LogP contribution in [-0.4, -0.2) is 39.9 Å². The van der Waals surface area contributed by atoms with E-state index in [0.29, 0.717) is 0 Å². The first-order valence-corrected chi connectivity index (χ1v) is 34.5. The minimum absolute atomic E-state index is 0.818. The van der Waals surface area contributed by atoms with Crippen LogP contribution in [0.2, 0.25) is 0 Å². The zero-order valence-corrected chi connectivity index (χ0v) is 56.9. The molecule has 0 unspecified atom stereocenters. The molecule has 4 N–H and O–H groups in total. The standard InChI is InChI=1S/C82H94N8/c1-17-49-53(21-5)71-43-75-57(25-9)61(29-13)79(87-75)65(80-62(30-14)58(26-10)76(88-80)44-72-54(22-6)50(18-2)68(84-72)41-67(49)83-71)38-36-47-34-33-35-48(40-47)37-39-66-81-63(31-15)59(27-11)77(89-81)45-73-55(23-7)51(19-3)69(85-73)42-70-52(20-4)56(24-8)74(86-70)46-78-60(28-12)64(32-16)82(66)90-78/h33-35,40-46,83-85,90H,17-32H2,1-16H3. The van der Waals surface area contributed by atoms with Crippen molar-refractivity contribution in [2.24, 2.45) is 0 Å². The van der Waals surface area contributed by atoms with Crippen molar-refractivity contribution in [3.8, 4) is 23.7 Å². The summed E-state index contributed by atoms with van der Waals surface area (Å²) in [4.78, 5) is 38.5. The Balaban J connectivity index is 1.19. The summed E-state index contributed by atoms with van der Waals surface area (Å²) in [5.41, 5.74) is 41.4. The Hall–Kier alpha value is -8.46. The Bertz CT molecular complexity index is 4550. The molecule has 0 radical (unpaired) electrons. The van der Waals surface area contributed by atoms with Gasteiger partial charge in [-0.2, -0.15) is 0 Å². The highest BCUT2D eigenvalue weighted by Crippen LogP contribution is 2.44. The Morgan fingerprint density at radius 1 is 0.256 bits per heavy atom. The second-order valence-corrected chi connectivity index (χ2v) is 24.2. The van der Waals surface area contributed by atoms with E-state index in [4.69, 9.17) is 19.9 Å². The van der Waals surface area contributed by atoms with Gasteiger partial charge in [-0.05, 0) is 246 Å². The third kappa shape index (κ3) is 11.0. The molecule has 0 fully saturated rings. The quantitative estimate of drug-likeness (QED) is 0.0722. The average molecular weight is 1190 g/mol. The predicted molar refractivity (Wildman–Crippen MR) is 385 cm³/mol. The summed E-state index contributed by atoms with van der Waals surface area (Å²) in [6, 6.07) is 22.5. The van der Waals surface area contributed by atoms with Crippen molar-refractivity contribution in [2.45, 2.75) is 214 Å². The van der Waals surface area contributed by atoms with Crippen molar-refractivity contribution in [3.63, 3.8) is 0 Å². The molecule has 4 aliphatic rings. The molecule has 0 spiro atoms. The van der Waals surface area contributed by atoms with E-state index >= 15 is 0 Å². The van der Waals surface area contributed by atoms with Gasteiger partial charge in [0.15, 0.2) is 0 Å². The first-order chi connectivity index (χ1) is 43.9. The molecular weight excluding hydrogens is 1100 g/mol. The molecular formula is C82H94N8. The Morgan fingerprint density at radius 2 is 0.522 bits per heavy atom. The Labute approximate surface area is 535 Å². The van der Waals surface area contributed by atoms with Crippen molar-refractivity contribution < 1.29 is 0 Å². The minimum Gasteiger partial charge on any atom is -0.355 e. The van der Waals surface area contributed by atoms with Gasteiger partial charge in [0, 0.05) is 49.7 Å². The summed E-state index contributed by atoms with van der Waals surface area (Å²) in [7, 11) is 0. The lowest BCUT2D eigenvalue weighted by atomic mass is 9.93. The van der Waals surface area contributed by atoms with Gasteiger partial charge in [0.1, 0.15) is 0 Å². The highest BCUT2D eigenvalue weighted by molar-refractivity contribution is 6.00. The number of aromatic amines is 4. The maximum Gasteiger partial charge on any atom is 0.0851 e. The lowest BCUT2D eigenvalue weighted by Gasteiger charge is -2.08. The van der Waals surface area contributed by atoms with Gasteiger partial charge >= 0.3 is 0 Å². The van der Waals surface area contributed by atoms with Gasteiger partial charge in [-0.25, -0.2) is 19.9 Å². The molecule has 0 amide bonds. The maximum absolute atomic E-state index is 5.72. The van der Waals surface area contributed by atoms with Gasteiger partial charge in [-0.3, -0.25) is 0 Å². The van der Waals surface area contributed by atoms with Crippen LogP contribution in [0.4, 0.5) is 0 Å². The molecule has 8 nitrogen and oxygen atoms in total. The van der Waals surface area contributed by atoms with Gasteiger partial charge in [-0.15, -0.1) is 0 Å². The molecule has 0 saturated carbocycles. The lowest BCUT2D eigenvalue weighted by molar-refractivity contribution is 1.07. The van der Waals surface area contributed by atoms with E-state index in [1.54, 1.807) is 0 Å². The molecule has 6 aromatic heterocycles. The fourth-order valence-electron chi connectivity index (χ4n) is 15.6. The third-order valence-corrected chi connectivity index (χ3v) is 19.7. The molecule has 1 aromatic carbocycles. The number of aryl methyl sites for hydroxylation is 8. The number of allylic oxidation sites excluding steroid dienone is 8. The number of aromatic nitrogens is 8. The number of hydrogen-bond acceptors (Lipinski definition) is 4. The number of hydrogen-bond donors (Lipinski definition) is 4. The van der Waals surface area contributed by atoms with Gasteiger partial charge in [0.05, 0.1) is 62.2 Å². The van der Waals surface area contributed by atoms with E-state index in [2.05, 4.69) is 215 Å². The van der Waals surface area contributed by atoms with E-state index < -0.39 is 0 Å². The monoisotopic (exact) mass is 1190 g/mol. The van der Waals surface area contributed by atoms with Crippen LogP contribution in [0.15, 0.2) is 60.7 Å². The van der Waals surface area contributed by atoms with Crippen LogP contribution in [-0.2, 0) is 51.4 Å². The van der Waals surface area contributed by atoms with E-state index in [1.807, 2.05) is 0 Å². The first kappa shape index (κ1) is 63.1. The van der Waals surface area contributed by atoms with Gasteiger partial charge in [0.25, 0.3) is 0 Å². The van der Waals surface area contributed by atoms with Crippen LogP contribution in [0.25, 0.3) is 88.7 Å². The van der Waals surface area contributed by atoms with Crippen LogP contribution >= 0.6 is 0 Å². The summed E-state index contributed by atoms with van der Waals surface area (Å²) in [6.45, 7) is 36.4. The Kier molecular flexibility index (Phi) is 18.9. The zero-order valence-electron chi connectivity index (χ0n) is 56.9. The molecule has 7 aromatic rings. The van der Waals surface area contributed by atoms with Crippen LogP contribution in [0, 0.1) is 23.7 Å². The van der Waals surface area contributed by atoms with Gasteiger partial charge < -0.3 is 19.9 Å². The molecule has 0 saturated heterocycles. The molecule has 10 heterocycles. The smallest absolute Gasteiger partial charge is 0.0851 e. The Morgan fingerprint density at radius 3 is 0.844 bits per heavy atom. The number of H-pyrrole nitrogens is 4. The van der Waals surface area contributed by atoms with Gasteiger partial charge in [0.2, 0.25) is 0 Å². The summed E-state index contributed by atoms with van der Waals surface area (Å²) >= 11 is 0. The van der Waals surface area contributed by atoms with Crippen molar-refractivity contribution in [2.75, 3.05) is 0 Å². The zero-order chi connectivity index (χ0) is 63.7. The van der Waals surface area contributed by atoms with Crippen LogP contribution < -0.4 is 0 Å². The second kappa shape index (κ2) is 26.9. The highest BCUT2D eigenvalue weighted by Gasteiger charge is 2.29. The minimum atomic E-state index is 0.818. The van der Waals surface area contributed by atoms with Crippen molar-refractivity contribution in [3.05, 3.63) is 173 Å². The molecule has 16 bridgehead atoms. The average Bonchev–Trinajstić information content (AvgIpc) is 1.90. The first-order valence-electron chi connectivity index (χ1n) is 34.5. The van der Waals surface area contributed by atoms with Gasteiger partial charge in [-0.1, -0.05) is 141 Å². The largest absolute Gasteiger partial charge is 0.355 e. The van der Waals surface area contributed by atoms with Crippen LogP contribution in [0.5, 0.6) is 0 Å². The SMILES string of the molecule is CCC1=C(CC)c2cc3[nH]c(c(C#Cc4cccc(C#Cc5c6nc(cc7[nH]c(cc8[nH]c(cc9nc5C(CC)=C9CC)c(CC)c8CC)c(CC)c7CC)C(CC)=C6CC)c4)c4nc(cc5[nH]c(cc1n2)c(CC)c5CC)C(CC)=C4CC)c(CC)c3CC. The highest BCUT2D eigenvalue weighted by atomic mass is 14.8. The molecule has 8 heteroatoms. The fraction of sp³-hybridized carbons (Fsp3) is 0.390. The number of nitrogens with zero attached hydrogens (tertiary/aromatic N) is 4. The second-order valence-electron chi connectivity index (χ2n) is 24.2. The fourth-order valence-corrected chi connectivity index (χ4v) is 15.6. The van der Waals surface area contributed by atoms with Crippen LogP contribution in [0.1, 0.15) is 274 Å². The van der Waals surface area contributed by atoms with E-state index in [-0.39, 0.29) is 0 Å². The molecule has 11 rings (SSSR count). The number of rotatable bonds is 16. The van der Waals surface area contributed by atoms with E-state index in [9.17, 15) is 0 Å². The third-order valence-electron chi connectivity index (χ3n) is 19.7. The lowest BCUT2D eigenvalue weighted by Crippen LogP contribution is -1.95. The summed E-state index contributed by atoms with van der Waals surface area (Å²) in [5.74, 6) is 15.2. The number of fused-ring (bicyclic) bond motifs is 16. The van der Waals surface area contributed by atoms with Crippen molar-refractivity contribution in [1.29, 1.82) is 0 Å². The molecule has 0 atom stereocenters. The van der Waals surface area contributed by atoms with Crippen LogP contribution in [0.3, 0.4) is 0 Å².